The molecule has 11 atom stereocenters. The van der Waals surface area contributed by atoms with Crippen LogP contribution < -0.4 is 0 Å². The van der Waals surface area contributed by atoms with Gasteiger partial charge in [-0.05, 0) is 59.4 Å². The summed E-state index contributed by atoms with van der Waals surface area (Å²) in [5, 5.41) is 0. The molecule has 174 valence electrons. The van der Waals surface area contributed by atoms with Crippen LogP contribution in [0.15, 0.2) is 0 Å². The van der Waals surface area contributed by atoms with Gasteiger partial charge in [-0.3, -0.25) is 0 Å². The van der Waals surface area contributed by atoms with E-state index in [0.29, 0.717) is 0 Å². The van der Waals surface area contributed by atoms with Crippen molar-refractivity contribution in [2.75, 3.05) is 0 Å². The Morgan fingerprint density at radius 3 is 2.30 bits per heavy atom. The van der Waals surface area contributed by atoms with E-state index >= 15 is 0 Å². The van der Waals surface area contributed by atoms with Crippen molar-refractivity contribution in [1.29, 1.82) is 0 Å². The molecule has 0 radical (unpaired) electrons. The lowest BCUT2D eigenvalue weighted by molar-refractivity contribution is 0.152. The lowest BCUT2D eigenvalue weighted by atomic mass is 9.70. The van der Waals surface area contributed by atoms with Crippen LogP contribution in [0.4, 0.5) is 0 Å². The van der Waals surface area contributed by atoms with Gasteiger partial charge in [0.2, 0.25) is 0 Å². The predicted molar refractivity (Wildman–Crippen MR) is 144 cm³/mol. The molecule has 0 amide bonds. The van der Waals surface area contributed by atoms with E-state index < -0.39 is 24.7 Å². The van der Waals surface area contributed by atoms with Gasteiger partial charge < -0.3 is 0 Å². The third-order valence-corrected chi connectivity index (χ3v) is 28.2. The van der Waals surface area contributed by atoms with Gasteiger partial charge in [-0.25, -0.2) is 0 Å². The van der Waals surface area contributed by atoms with Crippen LogP contribution in [-0.2, 0) is 0 Å². The minimum Gasteiger partial charge on any atom is -0.0739 e. The SMILES string of the molecule is CCCCC1CCC([SiH](C)[SiH](C)C2C(C)CC3C2CC2CCCC2C3[Si](C)(C)C)C1. The van der Waals surface area contributed by atoms with Gasteiger partial charge in [0.05, 0.1) is 0 Å². The van der Waals surface area contributed by atoms with Crippen molar-refractivity contribution >= 4 is 24.7 Å². The Balaban J connectivity index is 1.48. The fourth-order valence-electron chi connectivity index (χ4n) is 10.0. The Morgan fingerprint density at radius 1 is 0.833 bits per heavy atom. The van der Waals surface area contributed by atoms with Crippen molar-refractivity contribution in [3.05, 3.63) is 0 Å². The Bertz CT molecular complexity index is 569. The summed E-state index contributed by atoms with van der Waals surface area (Å²) in [5.74, 6) is 6.79. The molecular formula is C27H54Si3. The average Bonchev–Trinajstić information content (AvgIpc) is 3.40. The minimum absolute atomic E-state index is 0.521. The summed E-state index contributed by atoms with van der Waals surface area (Å²) in [5.41, 5.74) is 3.63. The van der Waals surface area contributed by atoms with E-state index in [1.807, 2.05) is 0 Å². The van der Waals surface area contributed by atoms with Gasteiger partial charge in [-0.15, -0.1) is 0 Å². The molecule has 0 nitrogen and oxygen atoms in total. The number of hydrogen-bond donors (Lipinski definition) is 0. The number of hydrogen-bond acceptors (Lipinski definition) is 0. The lowest BCUT2D eigenvalue weighted by Crippen LogP contribution is -2.47. The first kappa shape index (κ1) is 23.8. The first-order valence-electron chi connectivity index (χ1n) is 14.2. The third kappa shape index (κ3) is 4.52. The van der Waals surface area contributed by atoms with Crippen molar-refractivity contribution in [2.24, 2.45) is 35.5 Å². The highest BCUT2D eigenvalue weighted by molar-refractivity contribution is 7.22. The summed E-state index contributed by atoms with van der Waals surface area (Å²) in [7, 11) is -2.16. The van der Waals surface area contributed by atoms with Crippen LogP contribution in [0.5, 0.6) is 0 Å². The molecule has 0 saturated heterocycles. The summed E-state index contributed by atoms with van der Waals surface area (Å²) in [4.78, 5) is 0. The highest BCUT2D eigenvalue weighted by Crippen LogP contribution is 2.65. The monoisotopic (exact) mass is 462 g/mol. The van der Waals surface area contributed by atoms with Crippen molar-refractivity contribution in [1.82, 2.24) is 0 Å². The normalized spacial score (nSPS) is 45.9. The summed E-state index contributed by atoms with van der Waals surface area (Å²) >= 11 is 0. The summed E-state index contributed by atoms with van der Waals surface area (Å²) in [6.45, 7) is 19.1. The summed E-state index contributed by atoms with van der Waals surface area (Å²) < 4.78 is 0. The average molecular weight is 463 g/mol. The molecule has 4 saturated carbocycles. The molecule has 0 aromatic carbocycles. The number of unbranched alkanes of at least 4 members (excludes halogenated alkanes) is 1. The van der Waals surface area contributed by atoms with E-state index in [4.69, 9.17) is 0 Å². The Hall–Kier alpha value is 0.651. The van der Waals surface area contributed by atoms with Gasteiger partial charge >= 0.3 is 0 Å². The van der Waals surface area contributed by atoms with E-state index in [0.717, 1.165) is 29.6 Å². The lowest BCUT2D eigenvalue weighted by Gasteiger charge is -2.50. The first-order valence-corrected chi connectivity index (χ1v) is 24.1. The fraction of sp³-hybridized carbons (Fsp3) is 1.00. The Morgan fingerprint density at radius 2 is 1.60 bits per heavy atom. The molecule has 4 aliphatic carbocycles. The highest BCUT2D eigenvalue weighted by Gasteiger charge is 2.57. The quantitative estimate of drug-likeness (QED) is 0.334. The largest absolute Gasteiger partial charge is 0.0739 e. The first-order chi connectivity index (χ1) is 14.2. The molecule has 0 aromatic rings. The van der Waals surface area contributed by atoms with Gasteiger partial charge in [0, 0.05) is 24.7 Å². The summed E-state index contributed by atoms with van der Waals surface area (Å²) in [6, 6.07) is 0. The van der Waals surface area contributed by atoms with Gasteiger partial charge in [-0.2, -0.15) is 0 Å². The van der Waals surface area contributed by atoms with Crippen LogP contribution in [0.1, 0.15) is 84.5 Å². The zero-order valence-electron chi connectivity index (χ0n) is 21.6. The van der Waals surface area contributed by atoms with Gasteiger partial charge in [-0.1, -0.05) is 110 Å². The molecule has 0 aromatic heterocycles. The number of fused-ring (bicyclic) bond motifs is 2. The molecule has 0 aliphatic heterocycles. The molecule has 4 rings (SSSR count). The second kappa shape index (κ2) is 9.49. The molecule has 0 bridgehead atoms. The topological polar surface area (TPSA) is 0 Å². The predicted octanol–water partition coefficient (Wildman–Crippen LogP) is 8.31. The molecule has 4 fully saturated rings. The highest BCUT2D eigenvalue weighted by atomic mass is 29.2. The maximum atomic E-state index is 2.91. The van der Waals surface area contributed by atoms with Crippen molar-refractivity contribution in [2.45, 2.75) is 134 Å². The maximum absolute atomic E-state index is 2.91. The maximum Gasteiger partial charge on any atom is 0.0479 e. The third-order valence-electron chi connectivity index (χ3n) is 11.3. The van der Waals surface area contributed by atoms with Crippen LogP contribution >= 0.6 is 0 Å². The van der Waals surface area contributed by atoms with Gasteiger partial charge in [0.25, 0.3) is 0 Å². The summed E-state index contributed by atoms with van der Waals surface area (Å²) in [6.07, 6.45) is 17.4. The van der Waals surface area contributed by atoms with Gasteiger partial charge in [0.15, 0.2) is 0 Å². The van der Waals surface area contributed by atoms with E-state index in [1.54, 1.807) is 57.8 Å². The van der Waals surface area contributed by atoms with E-state index in [2.05, 4.69) is 46.6 Å². The van der Waals surface area contributed by atoms with Crippen LogP contribution in [0.3, 0.4) is 0 Å². The second-order valence-corrected chi connectivity index (χ2v) is 30.8. The van der Waals surface area contributed by atoms with Gasteiger partial charge in [0.1, 0.15) is 0 Å². The Labute approximate surface area is 193 Å². The minimum atomic E-state index is -1.07. The van der Waals surface area contributed by atoms with Crippen LogP contribution in [0.2, 0.25) is 49.4 Å². The van der Waals surface area contributed by atoms with Crippen molar-refractivity contribution in [3.8, 4) is 0 Å². The standard InChI is InChI=1S/C27H54Si3/c1-8-9-11-20-14-15-22(17-20)28(3)29(4)26-19(2)16-25-24(26)18-21-12-10-13-23(21)27(25)30(5,6)7/h19-29H,8-18H2,1-7H3. The fourth-order valence-corrected chi connectivity index (χ4v) is 26.7. The zero-order chi connectivity index (χ0) is 21.6. The van der Waals surface area contributed by atoms with Crippen molar-refractivity contribution < 1.29 is 0 Å². The van der Waals surface area contributed by atoms with Crippen LogP contribution in [0.25, 0.3) is 0 Å². The smallest absolute Gasteiger partial charge is 0.0479 e. The number of rotatable bonds is 7. The van der Waals surface area contributed by atoms with Crippen LogP contribution in [-0.4, -0.2) is 24.7 Å². The second-order valence-electron chi connectivity index (χ2n) is 13.9. The van der Waals surface area contributed by atoms with E-state index in [1.165, 1.54) is 35.4 Å². The van der Waals surface area contributed by atoms with Crippen LogP contribution in [0, 0.1) is 35.5 Å². The zero-order valence-corrected chi connectivity index (χ0v) is 24.9. The molecule has 11 unspecified atom stereocenters. The van der Waals surface area contributed by atoms with E-state index in [-0.39, 0.29) is 0 Å². The molecule has 0 heterocycles. The molecule has 0 N–H and O–H groups in total. The Kier molecular flexibility index (Phi) is 7.53. The molecule has 3 heteroatoms. The molecule has 0 spiro atoms. The molecule has 30 heavy (non-hydrogen) atoms. The van der Waals surface area contributed by atoms with E-state index in [9.17, 15) is 0 Å². The van der Waals surface area contributed by atoms with Crippen molar-refractivity contribution in [3.63, 3.8) is 0 Å². The molecular weight excluding hydrogens is 409 g/mol. The molecule has 4 aliphatic rings.